The topological polar surface area (TPSA) is 58.0 Å². The normalized spacial score (nSPS) is 18.3. The number of nitrogens with zero attached hydrogens (tertiary/aromatic N) is 2. The largest absolute Gasteiger partial charge is 0.394 e. The van der Waals surface area contributed by atoms with Gasteiger partial charge in [-0.25, -0.2) is 9.97 Å². The molecule has 1 aliphatic rings. The second kappa shape index (κ2) is 6.20. The molecule has 1 aliphatic carbocycles. The van der Waals surface area contributed by atoms with Gasteiger partial charge in [0.25, 0.3) is 0 Å². The van der Waals surface area contributed by atoms with Crippen LogP contribution in [0.4, 0.5) is 0 Å². The number of aromatic nitrogens is 2. The van der Waals surface area contributed by atoms with Gasteiger partial charge in [0.05, 0.1) is 6.61 Å². The molecule has 0 aliphatic heterocycles. The van der Waals surface area contributed by atoms with Crippen LogP contribution >= 0.6 is 11.8 Å². The van der Waals surface area contributed by atoms with E-state index in [1.54, 1.807) is 11.8 Å². The fourth-order valence-corrected chi connectivity index (χ4v) is 3.20. The van der Waals surface area contributed by atoms with Crippen LogP contribution in [0.2, 0.25) is 0 Å². The van der Waals surface area contributed by atoms with Crippen molar-refractivity contribution in [3.8, 4) is 0 Å². The van der Waals surface area contributed by atoms with Gasteiger partial charge >= 0.3 is 0 Å². The zero-order chi connectivity index (χ0) is 13.9. The number of aliphatic hydroxyl groups is 1. The van der Waals surface area contributed by atoms with E-state index in [0.717, 1.165) is 28.7 Å². The van der Waals surface area contributed by atoms with Crippen LogP contribution in [0.15, 0.2) is 11.2 Å². The van der Waals surface area contributed by atoms with Gasteiger partial charge in [0.1, 0.15) is 0 Å². The lowest BCUT2D eigenvalue weighted by atomic mass is 10.0. The maximum atomic E-state index is 9.54. The van der Waals surface area contributed by atoms with Crippen LogP contribution in [0.3, 0.4) is 0 Å². The average Bonchev–Trinajstić information content (AvgIpc) is 3.11. The van der Waals surface area contributed by atoms with Crippen molar-refractivity contribution in [3.05, 3.63) is 17.5 Å². The molecule has 1 fully saturated rings. The van der Waals surface area contributed by atoms with E-state index in [-0.39, 0.29) is 12.1 Å². The minimum atomic E-state index is -0.174. The van der Waals surface area contributed by atoms with E-state index in [1.807, 2.05) is 19.9 Å². The lowest BCUT2D eigenvalue weighted by Crippen LogP contribution is -2.47. The molecule has 1 atom stereocenters. The molecule has 0 bridgehead atoms. The molecule has 19 heavy (non-hydrogen) atoms. The quantitative estimate of drug-likeness (QED) is 0.592. The zero-order valence-corrected chi connectivity index (χ0v) is 12.8. The smallest absolute Gasteiger partial charge is 0.187 e. The summed E-state index contributed by atoms with van der Waals surface area (Å²) in [6.07, 6.45) is 3.40. The SMILES string of the molecule is Cc1cc(C)nc(SCCC(C)(CO)NC2CC2)n1. The van der Waals surface area contributed by atoms with E-state index in [1.165, 1.54) is 12.8 Å². The molecular weight excluding hydrogens is 258 g/mol. The number of nitrogens with one attached hydrogen (secondary N) is 1. The molecule has 0 aromatic carbocycles. The van der Waals surface area contributed by atoms with Gasteiger partial charge in [0, 0.05) is 28.7 Å². The van der Waals surface area contributed by atoms with Crippen molar-refractivity contribution in [2.45, 2.75) is 56.8 Å². The highest BCUT2D eigenvalue weighted by Gasteiger charge is 2.31. The summed E-state index contributed by atoms with van der Waals surface area (Å²) in [4.78, 5) is 8.84. The molecule has 2 N–H and O–H groups in total. The summed E-state index contributed by atoms with van der Waals surface area (Å²) < 4.78 is 0. The van der Waals surface area contributed by atoms with Crippen LogP contribution in [-0.4, -0.2) is 39.0 Å². The summed E-state index contributed by atoms with van der Waals surface area (Å²) in [7, 11) is 0. The Morgan fingerprint density at radius 2 is 2.00 bits per heavy atom. The number of thioether (sulfide) groups is 1. The first-order valence-corrected chi connectivity index (χ1v) is 7.83. The monoisotopic (exact) mass is 281 g/mol. The Morgan fingerprint density at radius 1 is 1.37 bits per heavy atom. The van der Waals surface area contributed by atoms with Crippen molar-refractivity contribution in [2.24, 2.45) is 0 Å². The Hall–Kier alpha value is -0.650. The Bertz CT molecular complexity index is 416. The summed E-state index contributed by atoms with van der Waals surface area (Å²) >= 11 is 1.67. The summed E-state index contributed by atoms with van der Waals surface area (Å²) in [6, 6.07) is 2.59. The number of hydrogen-bond donors (Lipinski definition) is 2. The second-order valence-electron chi connectivity index (χ2n) is 5.67. The van der Waals surface area contributed by atoms with Crippen LogP contribution in [0.1, 0.15) is 37.6 Å². The fourth-order valence-electron chi connectivity index (χ4n) is 2.04. The van der Waals surface area contributed by atoms with Crippen LogP contribution < -0.4 is 5.32 Å². The number of rotatable bonds is 7. The lowest BCUT2D eigenvalue weighted by molar-refractivity contribution is 0.169. The van der Waals surface area contributed by atoms with Gasteiger partial charge in [-0.05, 0) is 46.1 Å². The van der Waals surface area contributed by atoms with Gasteiger partial charge in [-0.1, -0.05) is 11.8 Å². The summed E-state index contributed by atoms with van der Waals surface area (Å²) in [5.74, 6) is 0.916. The van der Waals surface area contributed by atoms with Gasteiger partial charge < -0.3 is 10.4 Å². The zero-order valence-electron chi connectivity index (χ0n) is 11.9. The molecule has 0 spiro atoms. The van der Waals surface area contributed by atoms with Gasteiger partial charge in [-0.3, -0.25) is 0 Å². The van der Waals surface area contributed by atoms with Gasteiger partial charge in [-0.2, -0.15) is 0 Å². The van der Waals surface area contributed by atoms with Crippen molar-refractivity contribution in [3.63, 3.8) is 0 Å². The molecule has 1 aromatic heterocycles. The standard InChI is InChI=1S/C14H23N3OS/c1-10-8-11(2)16-13(15-10)19-7-6-14(3,9-18)17-12-4-5-12/h8,12,17-18H,4-7,9H2,1-3H3. The molecular formula is C14H23N3OS. The van der Waals surface area contributed by atoms with E-state index in [2.05, 4.69) is 22.2 Å². The molecule has 0 amide bonds. The Morgan fingerprint density at radius 3 is 2.53 bits per heavy atom. The summed E-state index contributed by atoms with van der Waals surface area (Å²) in [6.45, 7) is 6.25. The van der Waals surface area contributed by atoms with E-state index >= 15 is 0 Å². The Balaban J connectivity index is 1.83. The fraction of sp³-hybridized carbons (Fsp3) is 0.714. The number of hydrogen-bond acceptors (Lipinski definition) is 5. The van der Waals surface area contributed by atoms with E-state index < -0.39 is 0 Å². The second-order valence-corrected chi connectivity index (χ2v) is 6.73. The molecule has 1 saturated carbocycles. The van der Waals surface area contributed by atoms with Gasteiger partial charge in [0.15, 0.2) is 5.16 Å². The molecule has 4 nitrogen and oxygen atoms in total. The van der Waals surface area contributed by atoms with E-state index in [0.29, 0.717) is 6.04 Å². The van der Waals surface area contributed by atoms with Crippen LogP contribution in [-0.2, 0) is 0 Å². The summed E-state index contributed by atoms with van der Waals surface area (Å²) in [5.41, 5.74) is 1.85. The highest BCUT2D eigenvalue weighted by atomic mass is 32.2. The first kappa shape index (κ1) is 14.8. The molecule has 106 valence electrons. The van der Waals surface area contributed by atoms with Crippen molar-refractivity contribution in [1.82, 2.24) is 15.3 Å². The number of aryl methyl sites for hydroxylation is 2. The first-order valence-electron chi connectivity index (χ1n) is 6.84. The first-order chi connectivity index (χ1) is 9.00. The highest BCUT2D eigenvalue weighted by Crippen LogP contribution is 2.25. The van der Waals surface area contributed by atoms with Crippen LogP contribution in [0.25, 0.3) is 0 Å². The van der Waals surface area contributed by atoms with E-state index in [9.17, 15) is 5.11 Å². The minimum absolute atomic E-state index is 0.174. The predicted octanol–water partition coefficient (Wildman–Crippen LogP) is 2.08. The third-order valence-electron chi connectivity index (χ3n) is 3.33. The van der Waals surface area contributed by atoms with Crippen molar-refractivity contribution < 1.29 is 5.11 Å². The van der Waals surface area contributed by atoms with Gasteiger partial charge in [0.2, 0.25) is 0 Å². The van der Waals surface area contributed by atoms with Crippen LogP contribution in [0.5, 0.6) is 0 Å². The molecule has 1 unspecified atom stereocenters. The number of aliphatic hydroxyl groups excluding tert-OH is 1. The van der Waals surface area contributed by atoms with Crippen molar-refractivity contribution in [1.29, 1.82) is 0 Å². The average molecular weight is 281 g/mol. The lowest BCUT2D eigenvalue weighted by Gasteiger charge is -2.28. The molecule has 0 saturated heterocycles. The molecule has 2 rings (SSSR count). The third kappa shape index (κ3) is 4.75. The maximum absolute atomic E-state index is 9.54. The molecule has 1 aromatic rings. The predicted molar refractivity (Wildman–Crippen MR) is 78.5 cm³/mol. The molecule has 0 radical (unpaired) electrons. The van der Waals surface area contributed by atoms with Gasteiger partial charge in [-0.15, -0.1) is 0 Å². The van der Waals surface area contributed by atoms with Crippen LogP contribution in [0, 0.1) is 13.8 Å². The van der Waals surface area contributed by atoms with E-state index in [4.69, 9.17) is 0 Å². The maximum Gasteiger partial charge on any atom is 0.187 e. The third-order valence-corrected chi connectivity index (χ3v) is 4.17. The molecule has 1 heterocycles. The molecule has 5 heteroatoms. The summed E-state index contributed by atoms with van der Waals surface area (Å²) in [5, 5.41) is 13.9. The van der Waals surface area contributed by atoms with Crippen molar-refractivity contribution in [2.75, 3.05) is 12.4 Å². The Kier molecular flexibility index (Phi) is 4.81. The highest BCUT2D eigenvalue weighted by molar-refractivity contribution is 7.99. The minimum Gasteiger partial charge on any atom is -0.394 e. The Labute approximate surface area is 119 Å². The van der Waals surface area contributed by atoms with Crippen molar-refractivity contribution >= 4 is 11.8 Å².